The Morgan fingerprint density at radius 1 is 1.22 bits per heavy atom. The second kappa shape index (κ2) is 12.8. The zero-order valence-corrected chi connectivity index (χ0v) is 17.8. The summed E-state index contributed by atoms with van der Waals surface area (Å²) < 4.78 is 10.5. The number of carbonyl (C=O) groups is 1. The van der Waals surface area contributed by atoms with Gasteiger partial charge in [0.05, 0.1) is 12.7 Å². The smallest absolute Gasteiger partial charge is 0.243 e. The van der Waals surface area contributed by atoms with Crippen LogP contribution < -0.4 is 10.6 Å². The molecule has 0 radical (unpaired) electrons. The number of likely N-dealkylation sites (N-methyl/N-ethyl adjacent to an activating group) is 1. The highest BCUT2D eigenvalue weighted by Gasteiger charge is 2.24. The van der Waals surface area contributed by atoms with Crippen molar-refractivity contribution in [3.8, 4) is 0 Å². The van der Waals surface area contributed by atoms with Crippen LogP contribution in [0.1, 0.15) is 20.8 Å². The Labute approximate surface area is 157 Å². The molecule has 0 saturated heterocycles. The lowest BCUT2D eigenvalue weighted by Crippen LogP contribution is -2.46. The van der Waals surface area contributed by atoms with E-state index in [9.17, 15) is 4.79 Å². The highest BCUT2D eigenvalue weighted by atomic mass is 127. The van der Waals surface area contributed by atoms with Gasteiger partial charge in [0, 0.05) is 41.4 Å². The lowest BCUT2D eigenvalue weighted by molar-refractivity contribution is -0.127. The van der Waals surface area contributed by atoms with E-state index < -0.39 is 0 Å². The third-order valence-electron chi connectivity index (χ3n) is 3.18. The van der Waals surface area contributed by atoms with Gasteiger partial charge in [-0.2, -0.15) is 0 Å². The van der Waals surface area contributed by atoms with Crippen molar-refractivity contribution in [1.82, 2.24) is 15.5 Å². The van der Waals surface area contributed by atoms with Gasteiger partial charge >= 0.3 is 0 Å². The van der Waals surface area contributed by atoms with Gasteiger partial charge in [0.2, 0.25) is 5.91 Å². The van der Waals surface area contributed by atoms with E-state index in [1.54, 1.807) is 28.3 Å². The van der Waals surface area contributed by atoms with Crippen LogP contribution >= 0.6 is 24.0 Å². The highest BCUT2D eigenvalue weighted by molar-refractivity contribution is 14.0. The van der Waals surface area contributed by atoms with Crippen LogP contribution in [-0.4, -0.2) is 77.4 Å². The Morgan fingerprint density at radius 2 is 1.83 bits per heavy atom. The number of carbonyl (C=O) groups excluding carboxylic acids is 1. The van der Waals surface area contributed by atoms with Crippen LogP contribution in [0.2, 0.25) is 0 Å². The predicted octanol–water partition coefficient (Wildman–Crippen LogP) is 0.935. The molecule has 0 heterocycles. The molecule has 0 spiro atoms. The van der Waals surface area contributed by atoms with E-state index in [1.807, 2.05) is 0 Å². The fourth-order valence-electron chi connectivity index (χ4n) is 1.67. The molecule has 0 fully saturated rings. The van der Waals surface area contributed by atoms with Gasteiger partial charge in [-0.3, -0.25) is 4.79 Å². The molecule has 7 nitrogen and oxygen atoms in total. The monoisotopic (exact) mass is 444 g/mol. The zero-order chi connectivity index (χ0) is 17.2. The minimum atomic E-state index is -0.0491. The fourth-order valence-corrected chi connectivity index (χ4v) is 1.67. The van der Waals surface area contributed by atoms with Crippen LogP contribution in [0.5, 0.6) is 0 Å². The van der Waals surface area contributed by atoms with Gasteiger partial charge in [-0.05, 0) is 5.41 Å². The SMILES string of the molecule is COCCNC(=NCC(=O)N(C)C)NCC(OC)C(C)(C)C.I. The van der Waals surface area contributed by atoms with Gasteiger partial charge < -0.3 is 25.0 Å². The molecule has 8 heteroatoms. The second-order valence-electron chi connectivity index (χ2n) is 6.34. The summed E-state index contributed by atoms with van der Waals surface area (Å²) in [5, 5.41) is 6.35. The Morgan fingerprint density at radius 3 is 2.26 bits per heavy atom. The molecule has 0 aromatic heterocycles. The zero-order valence-electron chi connectivity index (χ0n) is 15.4. The number of rotatable bonds is 8. The average molecular weight is 444 g/mol. The van der Waals surface area contributed by atoms with Gasteiger partial charge in [0.15, 0.2) is 5.96 Å². The third kappa shape index (κ3) is 11.5. The molecule has 0 aromatic carbocycles. The summed E-state index contributed by atoms with van der Waals surface area (Å²) in [6.45, 7) is 8.24. The van der Waals surface area contributed by atoms with Crippen LogP contribution in [0.15, 0.2) is 4.99 Å². The number of aliphatic imine (C=N–C) groups is 1. The van der Waals surface area contributed by atoms with Gasteiger partial charge in [0.1, 0.15) is 6.54 Å². The van der Waals surface area contributed by atoms with Gasteiger partial charge in [-0.25, -0.2) is 4.99 Å². The van der Waals surface area contributed by atoms with E-state index in [2.05, 4.69) is 36.4 Å². The molecule has 2 N–H and O–H groups in total. The minimum Gasteiger partial charge on any atom is -0.383 e. The van der Waals surface area contributed by atoms with Gasteiger partial charge in [-0.15, -0.1) is 24.0 Å². The van der Waals surface area contributed by atoms with Gasteiger partial charge in [0.25, 0.3) is 0 Å². The molecule has 1 atom stereocenters. The van der Waals surface area contributed by atoms with E-state index in [0.717, 1.165) is 0 Å². The standard InChI is InChI=1S/C15H32N4O3.HI/c1-15(2,3)12(22-7)10-17-14(16-8-9-21-6)18-11-13(20)19(4)5;/h12H,8-11H2,1-7H3,(H2,16,17,18);1H. The average Bonchev–Trinajstić information content (AvgIpc) is 2.42. The number of nitrogens with one attached hydrogen (secondary N) is 2. The number of methoxy groups -OCH3 is 2. The number of halogens is 1. The molecule has 0 aliphatic heterocycles. The molecular weight excluding hydrogens is 411 g/mol. The van der Waals surface area contributed by atoms with Crippen LogP contribution in [0, 0.1) is 5.41 Å². The molecular formula is C15H33IN4O3. The van der Waals surface area contributed by atoms with E-state index >= 15 is 0 Å². The summed E-state index contributed by atoms with van der Waals surface area (Å²) in [5.41, 5.74) is 0.0127. The Bertz CT molecular complexity index is 357. The van der Waals surface area contributed by atoms with Crippen molar-refractivity contribution in [2.75, 3.05) is 54.6 Å². The van der Waals surface area contributed by atoms with Crippen molar-refractivity contribution in [3.63, 3.8) is 0 Å². The molecule has 23 heavy (non-hydrogen) atoms. The molecule has 0 aromatic rings. The molecule has 0 bridgehead atoms. The van der Waals surface area contributed by atoms with Crippen molar-refractivity contribution in [2.45, 2.75) is 26.9 Å². The molecule has 1 amide bonds. The first-order valence-corrected chi connectivity index (χ1v) is 7.46. The number of guanidine groups is 1. The molecule has 0 rings (SSSR count). The van der Waals surface area contributed by atoms with Crippen LogP contribution in [-0.2, 0) is 14.3 Å². The highest BCUT2D eigenvalue weighted by Crippen LogP contribution is 2.20. The summed E-state index contributed by atoms with van der Waals surface area (Å²) in [6.07, 6.45) is 0.0338. The maximum Gasteiger partial charge on any atom is 0.243 e. The summed E-state index contributed by atoms with van der Waals surface area (Å²) in [6, 6.07) is 0. The topological polar surface area (TPSA) is 75.2 Å². The number of nitrogens with zero attached hydrogens (tertiary/aromatic N) is 2. The summed E-state index contributed by atoms with van der Waals surface area (Å²) in [4.78, 5) is 17.5. The van der Waals surface area contributed by atoms with Crippen molar-refractivity contribution < 1.29 is 14.3 Å². The molecule has 138 valence electrons. The summed E-state index contributed by atoms with van der Waals surface area (Å²) >= 11 is 0. The van der Waals surface area contributed by atoms with Crippen molar-refractivity contribution in [1.29, 1.82) is 0 Å². The Kier molecular flexibility index (Phi) is 13.7. The number of hydrogen-bond acceptors (Lipinski definition) is 4. The van der Waals surface area contributed by atoms with Crippen molar-refractivity contribution in [2.24, 2.45) is 10.4 Å². The number of amides is 1. The molecule has 1 unspecified atom stereocenters. The maximum atomic E-state index is 11.6. The lowest BCUT2D eigenvalue weighted by Gasteiger charge is -2.30. The summed E-state index contributed by atoms with van der Waals surface area (Å²) in [7, 11) is 6.76. The number of hydrogen-bond donors (Lipinski definition) is 2. The van der Waals surface area contributed by atoms with E-state index in [-0.39, 0.29) is 47.9 Å². The first-order valence-electron chi connectivity index (χ1n) is 7.46. The first-order chi connectivity index (χ1) is 10.2. The van der Waals surface area contributed by atoms with E-state index in [1.165, 1.54) is 4.90 Å². The molecule has 0 aliphatic rings. The van der Waals surface area contributed by atoms with E-state index in [0.29, 0.717) is 25.7 Å². The van der Waals surface area contributed by atoms with Crippen LogP contribution in [0.4, 0.5) is 0 Å². The third-order valence-corrected chi connectivity index (χ3v) is 3.18. The molecule has 0 aliphatic carbocycles. The Balaban J connectivity index is 0. The number of ether oxygens (including phenoxy) is 2. The van der Waals surface area contributed by atoms with Crippen LogP contribution in [0.25, 0.3) is 0 Å². The molecule has 0 saturated carbocycles. The second-order valence-corrected chi connectivity index (χ2v) is 6.34. The predicted molar refractivity (Wildman–Crippen MR) is 105 cm³/mol. The quantitative estimate of drug-likeness (QED) is 0.252. The summed E-state index contributed by atoms with van der Waals surface area (Å²) in [5.74, 6) is 0.533. The van der Waals surface area contributed by atoms with E-state index in [4.69, 9.17) is 9.47 Å². The first kappa shape index (κ1) is 24.6. The lowest BCUT2D eigenvalue weighted by atomic mass is 9.89. The minimum absolute atomic E-state index is 0. The fraction of sp³-hybridized carbons (Fsp3) is 0.867. The van der Waals surface area contributed by atoms with Crippen molar-refractivity contribution in [3.05, 3.63) is 0 Å². The van der Waals surface area contributed by atoms with Gasteiger partial charge in [-0.1, -0.05) is 20.8 Å². The van der Waals surface area contributed by atoms with Crippen LogP contribution in [0.3, 0.4) is 0 Å². The maximum absolute atomic E-state index is 11.6. The Hall–Kier alpha value is -0.610. The normalized spacial score (nSPS) is 13.1. The van der Waals surface area contributed by atoms with Crippen molar-refractivity contribution >= 4 is 35.8 Å². The largest absolute Gasteiger partial charge is 0.383 e.